The number of ether oxygens (including phenoxy) is 1. The molecule has 1 saturated heterocycles. The zero-order valence-electron chi connectivity index (χ0n) is 21.8. The molecule has 38 heavy (non-hydrogen) atoms. The van der Waals surface area contributed by atoms with Crippen molar-refractivity contribution in [2.45, 2.75) is 39.3 Å². The van der Waals surface area contributed by atoms with Gasteiger partial charge in [-0.2, -0.15) is 11.8 Å². The largest absolute Gasteiger partial charge is 0.486 e. The monoisotopic (exact) mass is 536 g/mol. The number of benzene rings is 2. The van der Waals surface area contributed by atoms with E-state index >= 15 is 0 Å². The van der Waals surface area contributed by atoms with Gasteiger partial charge < -0.3 is 19.0 Å². The number of nitrogens with zero attached hydrogens (tertiary/aromatic N) is 2. The summed E-state index contributed by atoms with van der Waals surface area (Å²) >= 11 is 1.85. The summed E-state index contributed by atoms with van der Waals surface area (Å²) in [5.41, 5.74) is 2.80. The third-order valence-corrected chi connectivity index (χ3v) is 7.91. The Morgan fingerprint density at radius 3 is 2.66 bits per heavy atom. The van der Waals surface area contributed by atoms with Gasteiger partial charge in [0, 0.05) is 37.6 Å². The van der Waals surface area contributed by atoms with Crippen LogP contribution in [0.15, 0.2) is 59.0 Å². The fourth-order valence-electron chi connectivity index (χ4n) is 5.10. The Morgan fingerprint density at radius 2 is 1.89 bits per heavy atom. The van der Waals surface area contributed by atoms with E-state index in [1.807, 2.05) is 59.7 Å². The van der Waals surface area contributed by atoms with Crippen molar-refractivity contribution in [2.24, 2.45) is 5.92 Å². The van der Waals surface area contributed by atoms with Crippen LogP contribution in [0.3, 0.4) is 0 Å². The normalized spacial score (nSPS) is 17.4. The van der Waals surface area contributed by atoms with Gasteiger partial charge in [-0.1, -0.05) is 32.0 Å². The SMILES string of the molecule is CC(C)CC(=O)N1CCc2ccc(OCc3ccc(C(=O)N4CCSCC4)o3)cc2C1c1cccc(F)c1. The summed E-state index contributed by atoms with van der Waals surface area (Å²) in [5, 5.41) is 0. The molecule has 8 heteroatoms. The first-order valence-corrected chi connectivity index (χ1v) is 14.3. The van der Waals surface area contributed by atoms with E-state index < -0.39 is 0 Å². The molecule has 2 amide bonds. The van der Waals surface area contributed by atoms with E-state index in [0.717, 1.165) is 47.7 Å². The average molecular weight is 537 g/mol. The second kappa shape index (κ2) is 11.6. The number of thioether (sulfide) groups is 1. The van der Waals surface area contributed by atoms with Crippen molar-refractivity contribution in [1.82, 2.24) is 9.80 Å². The molecule has 1 atom stereocenters. The van der Waals surface area contributed by atoms with Crippen molar-refractivity contribution < 1.29 is 23.1 Å². The molecule has 1 aromatic heterocycles. The maximum absolute atomic E-state index is 14.2. The van der Waals surface area contributed by atoms with E-state index in [1.165, 1.54) is 12.1 Å². The second-order valence-electron chi connectivity index (χ2n) is 10.2. The van der Waals surface area contributed by atoms with Crippen molar-refractivity contribution in [1.29, 1.82) is 0 Å². The smallest absolute Gasteiger partial charge is 0.289 e. The van der Waals surface area contributed by atoms with Crippen LogP contribution in [0, 0.1) is 11.7 Å². The molecule has 0 saturated carbocycles. The van der Waals surface area contributed by atoms with E-state index in [4.69, 9.17) is 9.15 Å². The molecule has 0 spiro atoms. The number of hydrogen-bond donors (Lipinski definition) is 0. The Morgan fingerprint density at radius 1 is 1.08 bits per heavy atom. The van der Waals surface area contributed by atoms with Crippen LogP contribution < -0.4 is 4.74 Å². The van der Waals surface area contributed by atoms with Crippen molar-refractivity contribution >= 4 is 23.6 Å². The molecule has 3 heterocycles. The molecule has 0 bridgehead atoms. The number of hydrogen-bond acceptors (Lipinski definition) is 5. The fourth-order valence-corrected chi connectivity index (χ4v) is 6.00. The molecular weight excluding hydrogens is 503 g/mol. The fraction of sp³-hybridized carbons (Fsp3) is 0.400. The summed E-state index contributed by atoms with van der Waals surface area (Å²) in [5.74, 6) is 3.27. The van der Waals surface area contributed by atoms with Crippen LogP contribution in [0.4, 0.5) is 4.39 Å². The summed E-state index contributed by atoms with van der Waals surface area (Å²) in [6, 6.07) is 15.4. The highest BCUT2D eigenvalue weighted by Crippen LogP contribution is 2.38. The molecule has 5 rings (SSSR count). The average Bonchev–Trinajstić information content (AvgIpc) is 3.40. The summed E-state index contributed by atoms with van der Waals surface area (Å²) in [4.78, 5) is 29.6. The highest BCUT2D eigenvalue weighted by Gasteiger charge is 2.33. The Kier molecular flexibility index (Phi) is 8.07. The van der Waals surface area contributed by atoms with Gasteiger partial charge in [0.05, 0.1) is 6.04 Å². The van der Waals surface area contributed by atoms with Crippen LogP contribution in [-0.2, 0) is 17.8 Å². The number of halogens is 1. The van der Waals surface area contributed by atoms with Gasteiger partial charge in [-0.15, -0.1) is 0 Å². The van der Waals surface area contributed by atoms with Gasteiger partial charge >= 0.3 is 0 Å². The van der Waals surface area contributed by atoms with E-state index in [1.54, 1.807) is 18.2 Å². The molecule has 0 aliphatic carbocycles. The lowest BCUT2D eigenvalue weighted by molar-refractivity contribution is -0.134. The van der Waals surface area contributed by atoms with Crippen LogP contribution in [0.1, 0.15) is 59.3 Å². The standard InChI is InChI=1S/C30H33FN2O4S/c1-20(2)16-28(34)33-11-10-21-6-7-24(18-26(21)29(33)22-4-3-5-23(31)17-22)36-19-25-8-9-27(37-25)30(35)32-12-14-38-15-13-32/h3-9,17-18,20,29H,10-16,19H2,1-2H3. The molecule has 1 fully saturated rings. The Labute approximate surface area is 227 Å². The quantitative estimate of drug-likeness (QED) is 0.387. The molecule has 3 aromatic rings. The lowest BCUT2D eigenvalue weighted by Crippen LogP contribution is -2.41. The molecule has 0 radical (unpaired) electrons. The minimum atomic E-state index is -0.389. The third-order valence-electron chi connectivity index (χ3n) is 6.97. The van der Waals surface area contributed by atoms with E-state index in [9.17, 15) is 14.0 Å². The van der Waals surface area contributed by atoms with Gasteiger partial charge in [0.15, 0.2) is 5.76 Å². The number of carbonyl (C=O) groups excluding carboxylic acids is 2. The first-order chi connectivity index (χ1) is 18.4. The Hall–Kier alpha value is -3.26. The number of fused-ring (bicyclic) bond motifs is 1. The molecule has 0 N–H and O–H groups in total. The molecule has 6 nitrogen and oxygen atoms in total. The highest BCUT2D eigenvalue weighted by molar-refractivity contribution is 7.99. The summed E-state index contributed by atoms with van der Waals surface area (Å²) in [6.45, 7) is 6.26. The number of furan rings is 1. The van der Waals surface area contributed by atoms with Gasteiger partial charge in [-0.3, -0.25) is 9.59 Å². The lowest BCUT2D eigenvalue weighted by Gasteiger charge is -2.38. The van der Waals surface area contributed by atoms with E-state index in [0.29, 0.717) is 30.2 Å². The Bertz CT molecular complexity index is 1300. The topological polar surface area (TPSA) is 63.0 Å². The molecule has 2 aliphatic rings. The number of amides is 2. The maximum Gasteiger partial charge on any atom is 0.289 e. The van der Waals surface area contributed by atoms with Crippen molar-refractivity contribution in [3.05, 3.63) is 88.6 Å². The van der Waals surface area contributed by atoms with Crippen LogP contribution >= 0.6 is 11.8 Å². The Balaban J connectivity index is 1.36. The van der Waals surface area contributed by atoms with Gasteiger partial charge in [0.25, 0.3) is 5.91 Å². The minimum absolute atomic E-state index is 0.0614. The van der Waals surface area contributed by atoms with Crippen LogP contribution in [0.2, 0.25) is 0 Å². The van der Waals surface area contributed by atoms with E-state index in [-0.39, 0.29) is 36.2 Å². The predicted octanol–water partition coefficient (Wildman–Crippen LogP) is 5.71. The highest BCUT2D eigenvalue weighted by atomic mass is 32.2. The lowest BCUT2D eigenvalue weighted by atomic mass is 9.87. The second-order valence-corrected chi connectivity index (χ2v) is 11.4. The number of carbonyl (C=O) groups is 2. The first-order valence-electron chi connectivity index (χ1n) is 13.2. The van der Waals surface area contributed by atoms with Gasteiger partial charge in [-0.05, 0) is 65.4 Å². The third kappa shape index (κ3) is 5.90. The van der Waals surface area contributed by atoms with Gasteiger partial charge in [0.1, 0.15) is 23.9 Å². The first kappa shape index (κ1) is 26.4. The van der Waals surface area contributed by atoms with Gasteiger partial charge in [0.2, 0.25) is 5.91 Å². The zero-order chi connectivity index (χ0) is 26.6. The molecule has 1 unspecified atom stereocenters. The summed E-state index contributed by atoms with van der Waals surface area (Å²) in [6.07, 6.45) is 1.16. The predicted molar refractivity (Wildman–Crippen MR) is 146 cm³/mol. The van der Waals surface area contributed by atoms with Crippen LogP contribution in [0.5, 0.6) is 5.75 Å². The van der Waals surface area contributed by atoms with Crippen LogP contribution in [-0.4, -0.2) is 52.8 Å². The molecular formula is C30H33FN2O4S. The molecule has 2 aliphatic heterocycles. The van der Waals surface area contributed by atoms with Gasteiger partial charge in [-0.25, -0.2) is 4.39 Å². The molecule has 200 valence electrons. The van der Waals surface area contributed by atoms with Crippen LogP contribution in [0.25, 0.3) is 0 Å². The minimum Gasteiger partial charge on any atom is -0.486 e. The summed E-state index contributed by atoms with van der Waals surface area (Å²) in [7, 11) is 0. The summed E-state index contributed by atoms with van der Waals surface area (Å²) < 4.78 is 26.1. The zero-order valence-corrected chi connectivity index (χ0v) is 22.6. The van der Waals surface area contributed by atoms with Crippen molar-refractivity contribution in [2.75, 3.05) is 31.1 Å². The van der Waals surface area contributed by atoms with E-state index in [2.05, 4.69) is 0 Å². The molecule has 2 aromatic carbocycles. The van der Waals surface area contributed by atoms with Crippen molar-refractivity contribution in [3.8, 4) is 5.75 Å². The van der Waals surface area contributed by atoms with Crippen molar-refractivity contribution in [3.63, 3.8) is 0 Å². The number of rotatable bonds is 7. The maximum atomic E-state index is 14.2.